The van der Waals surface area contributed by atoms with Gasteiger partial charge in [0.15, 0.2) is 0 Å². The van der Waals surface area contributed by atoms with Gasteiger partial charge in [-0.25, -0.2) is 13.2 Å². The molecular formula is C32H25F3N4O4. The van der Waals surface area contributed by atoms with Gasteiger partial charge in [-0.15, -0.1) is 0 Å². The largest absolute Gasteiger partial charge is 0.457 e. The fraction of sp³-hybridized carbons (Fsp3) is 0.0938. The number of benzene rings is 4. The monoisotopic (exact) mass is 586 g/mol. The Morgan fingerprint density at radius 2 is 1.40 bits per heavy atom. The van der Waals surface area contributed by atoms with Gasteiger partial charge in [0.25, 0.3) is 5.91 Å². The highest BCUT2D eigenvalue weighted by Gasteiger charge is 2.24. The van der Waals surface area contributed by atoms with Crippen molar-refractivity contribution in [2.24, 2.45) is 0 Å². The van der Waals surface area contributed by atoms with E-state index in [0.717, 1.165) is 4.90 Å². The van der Waals surface area contributed by atoms with Crippen LogP contribution in [0.5, 0.6) is 11.5 Å². The zero-order valence-electron chi connectivity index (χ0n) is 22.6. The molecule has 218 valence electrons. The molecule has 0 unspecified atom stereocenters. The average molecular weight is 587 g/mol. The maximum Gasteiger partial charge on any atom is 0.271 e. The first kappa shape index (κ1) is 28.9. The van der Waals surface area contributed by atoms with Gasteiger partial charge in [0.05, 0.1) is 5.52 Å². The molecule has 0 aliphatic heterocycles. The molecule has 3 amide bonds. The summed E-state index contributed by atoms with van der Waals surface area (Å²) in [5.74, 6) is -2.53. The molecule has 4 aromatic carbocycles. The van der Waals surface area contributed by atoms with Gasteiger partial charge in [0.2, 0.25) is 11.8 Å². The highest BCUT2D eigenvalue weighted by atomic mass is 19.1. The number of carbonyl (C=O) groups is 3. The van der Waals surface area contributed by atoms with Gasteiger partial charge in [0, 0.05) is 23.2 Å². The van der Waals surface area contributed by atoms with Crippen molar-refractivity contribution in [3.05, 3.63) is 126 Å². The van der Waals surface area contributed by atoms with Crippen LogP contribution in [0.3, 0.4) is 0 Å². The first-order chi connectivity index (χ1) is 20.7. The summed E-state index contributed by atoms with van der Waals surface area (Å²) in [5, 5.41) is 5.66. The topological polar surface area (TPSA) is 104 Å². The number of halogens is 3. The quantitative estimate of drug-likeness (QED) is 0.193. The van der Waals surface area contributed by atoms with Gasteiger partial charge < -0.3 is 25.3 Å². The van der Waals surface area contributed by atoms with Gasteiger partial charge in [-0.1, -0.05) is 30.3 Å². The minimum Gasteiger partial charge on any atom is -0.457 e. The van der Waals surface area contributed by atoms with Crippen molar-refractivity contribution >= 4 is 34.3 Å². The molecule has 0 spiro atoms. The number of aromatic nitrogens is 1. The van der Waals surface area contributed by atoms with E-state index in [1.807, 2.05) is 0 Å². The number of fused-ring (bicyclic) bond motifs is 1. The second-order valence-corrected chi connectivity index (χ2v) is 9.54. The van der Waals surface area contributed by atoms with Crippen LogP contribution in [-0.4, -0.2) is 40.7 Å². The molecule has 0 fully saturated rings. The number of hydrogen-bond acceptors (Lipinski definition) is 4. The fourth-order valence-corrected chi connectivity index (χ4v) is 4.29. The van der Waals surface area contributed by atoms with Crippen LogP contribution in [0.25, 0.3) is 10.9 Å². The highest BCUT2D eigenvalue weighted by Crippen LogP contribution is 2.23. The minimum atomic E-state index is -0.713. The van der Waals surface area contributed by atoms with E-state index in [0.29, 0.717) is 22.6 Å². The van der Waals surface area contributed by atoms with E-state index in [4.69, 9.17) is 4.74 Å². The lowest BCUT2D eigenvalue weighted by molar-refractivity contribution is -0.122. The van der Waals surface area contributed by atoms with Crippen molar-refractivity contribution in [3.63, 3.8) is 0 Å². The number of carbonyl (C=O) groups excluding carboxylic acids is 3. The molecule has 0 aliphatic carbocycles. The summed E-state index contributed by atoms with van der Waals surface area (Å²) in [6.07, 6.45) is 0. The number of ether oxygens (including phenoxy) is 1. The third kappa shape index (κ3) is 7.39. The second-order valence-electron chi connectivity index (χ2n) is 9.54. The van der Waals surface area contributed by atoms with Crippen molar-refractivity contribution in [1.29, 1.82) is 0 Å². The first-order valence-corrected chi connectivity index (χ1v) is 13.1. The maximum absolute atomic E-state index is 14.2. The van der Waals surface area contributed by atoms with Gasteiger partial charge in [-0.2, -0.15) is 0 Å². The van der Waals surface area contributed by atoms with Gasteiger partial charge >= 0.3 is 0 Å². The van der Waals surface area contributed by atoms with E-state index in [9.17, 15) is 27.6 Å². The van der Waals surface area contributed by atoms with Crippen molar-refractivity contribution in [2.75, 3.05) is 18.4 Å². The van der Waals surface area contributed by atoms with E-state index < -0.39 is 48.3 Å². The molecule has 3 N–H and O–H groups in total. The van der Waals surface area contributed by atoms with E-state index in [1.165, 1.54) is 60.7 Å². The maximum atomic E-state index is 14.2. The predicted molar refractivity (Wildman–Crippen MR) is 154 cm³/mol. The summed E-state index contributed by atoms with van der Waals surface area (Å²) < 4.78 is 47.0. The highest BCUT2D eigenvalue weighted by molar-refractivity contribution is 6.02. The van der Waals surface area contributed by atoms with Gasteiger partial charge in [-0.3, -0.25) is 14.4 Å². The number of anilines is 1. The van der Waals surface area contributed by atoms with E-state index in [1.54, 1.807) is 36.4 Å². The summed E-state index contributed by atoms with van der Waals surface area (Å²) in [5.41, 5.74) is 0.740. The number of amides is 3. The standard InChI is InChI=1S/C32H25F3N4O4/c33-22-8-12-24(13-9-22)43-25-14-10-23(11-15-25)37-30(41)19-39(18-29(40)36-17-21-4-1-2-6-26(21)34)32(42)28-16-20-5-3-7-27(35)31(20)38-28/h1-16,38H,17-19H2,(H,36,40)(H,37,41). The fourth-order valence-electron chi connectivity index (χ4n) is 4.29. The molecule has 0 atom stereocenters. The number of nitrogens with zero attached hydrogens (tertiary/aromatic N) is 1. The Labute approximate surface area is 244 Å². The number of nitrogens with one attached hydrogen (secondary N) is 3. The molecule has 0 saturated heterocycles. The molecule has 0 radical (unpaired) electrons. The summed E-state index contributed by atoms with van der Waals surface area (Å²) in [6.45, 7) is -1.16. The third-order valence-corrected chi connectivity index (χ3v) is 6.41. The number of rotatable bonds is 10. The lowest BCUT2D eigenvalue weighted by Crippen LogP contribution is -2.44. The lowest BCUT2D eigenvalue weighted by atomic mass is 10.2. The molecule has 43 heavy (non-hydrogen) atoms. The van der Waals surface area contributed by atoms with Crippen LogP contribution in [0.4, 0.5) is 18.9 Å². The van der Waals surface area contributed by atoms with Gasteiger partial charge in [-0.05, 0) is 66.7 Å². The molecule has 5 aromatic rings. The summed E-state index contributed by atoms with van der Waals surface area (Å²) in [4.78, 5) is 42.9. The Morgan fingerprint density at radius 1 is 0.744 bits per heavy atom. The number of aromatic amines is 1. The number of hydrogen-bond donors (Lipinski definition) is 3. The van der Waals surface area contributed by atoms with Gasteiger partial charge in [0.1, 0.15) is 47.7 Å². The predicted octanol–water partition coefficient (Wildman–Crippen LogP) is 5.77. The molecule has 0 saturated carbocycles. The lowest BCUT2D eigenvalue weighted by Gasteiger charge is -2.21. The van der Waals surface area contributed by atoms with Crippen LogP contribution in [0.2, 0.25) is 0 Å². The van der Waals surface area contributed by atoms with Crippen molar-refractivity contribution in [3.8, 4) is 11.5 Å². The molecule has 8 nitrogen and oxygen atoms in total. The van der Waals surface area contributed by atoms with E-state index in [-0.39, 0.29) is 23.3 Å². The Bertz CT molecular complexity index is 1770. The minimum absolute atomic E-state index is 0.0166. The Kier molecular flexibility index (Phi) is 8.71. The molecular weight excluding hydrogens is 561 g/mol. The van der Waals surface area contributed by atoms with Crippen molar-refractivity contribution in [1.82, 2.24) is 15.2 Å². The van der Waals surface area contributed by atoms with Crippen LogP contribution in [0, 0.1) is 17.5 Å². The Balaban J connectivity index is 1.27. The smallest absolute Gasteiger partial charge is 0.271 e. The summed E-state index contributed by atoms with van der Waals surface area (Å²) in [7, 11) is 0. The average Bonchev–Trinajstić information content (AvgIpc) is 3.44. The molecule has 1 aromatic heterocycles. The zero-order chi connectivity index (χ0) is 30.3. The van der Waals surface area contributed by atoms with Crippen molar-refractivity contribution < 1.29 is 32.3 Å². The molecule has 0 bridgehead atoms. The molecule has 11 heteroatoms. The Morgan fingerprint density at radius 3 is 2.09 bits per heavy atom. The second kappa shape index (κ2) is 12.9. The first-order valence-electron chi connectivity index (χ1n) is 13.1. The van der Waals surface area contributed by atoms with Crippen LogP contribution < -0.4 is 15.4 Å². The van der Waals surface area contributed by atoms with Crippen LogP contribution >= 0.6 is 0 Å². The third-order valence-electron chi connectivity index (χ3n) is 6.41. The van der Waals surface area contributed by atoms with Crippen LogP contribution in [0.15, 0.2) is 97.1 Å². The van der Waals surface area contributed by atoms with E-state index in [2.05, 4.69) is 15.6 Å². The summed E-state index contributed by atoms with van der Waals surface area (Å²) in [6, 6.07) is 23.5. The van der Waals surface area contributed by atoms with Crippen LogP contribution in [-0.2, 0) is 16.1 Å². The SMILES string of the molecule is O=C(CN(CC(=O)Nc1ccc(Oc2ccc(F)cc2)cc1)C(=O)c1cc2cccc(F)c2[nH]1)NCc1ccccc1F. The molecule has 5 rings (SSSR count). The zero-order valence-corrected chi connectivity index (χ0v) is 22.6. The molecule has 0 aliphatic rings. The number of para-hydroxylation sites is 1. The summed E-state index contributed by atoms with van der Waals surface area (Å²) >= 11 is 0. The normalized spacial score (nSPS) is 10.8. The van der Waals surface area contributed by atoms with Crippen molar-refractivity contribution in [2.45, 2.75) is 6.54 Å². The van der Waals surface area contributed by atoms with Crippen LogP contribution in [0.1, 0.15) is 16.1 Å². The molecule has 1 heterocycles. The Hall–Kier alpha value is -5.58. The number of H-pyrrole nitrogens is 1. The van der Waals surface area contributed by atoms with E-state index >= 15 is 0 Å².